The number of rotatable bonds is 5. The lowest BCUT2D eigenvalue weighted by molar-refractivity contribution is -0.148. The maximum atomic E-state index is 11.6. The van der Waals surface area contributed by atoms with Gasteiger partial charge in [0.1, 0.15) is 0 Å². The van der Waals surface area contributed by atoms with Gasteiger partial charge in [-0.2, -0.15) is 0 Å². The second-order valence-corrected chi connectivity index (χ2v) is 3.46. The third-order valence-corrected chi connectivity index (χ3v) is 2.18. The largest absolute Gasteiger partial charge is 0.479 e. The zero-order valence-corrected chi connectivity index (χ0v) is 9.64. The summed E-state index contributed by atoms with van der Waals surface area (Å²) in [4.78, 5) is 26.2. The van der Waals surface area contributed by atoms with Crippen LogP contribution in [-0.4, -0.2) is 41.7 Å². The number of hydrogen-bond donors (Lipinski definition) is 2. The van der Waals surface area contributed by atoms with Crippen molar-refractivity contribution in [1.29, 1.82) is 0 Å². The summed E-state index contributed by atoms with van der Waals surface area (Å²) < 4.78 is 4.69. The minimum absolute atomic E-state index is 0.0848. The van der Waals surface area contributed by atoms with Crippen molar-refractivity contribution in [3.8, 4) is 0 Å². The highest BCUT2D eigenvalue weighted by Gasteiger charge is 2.17. The minimum atomic E-state index is -1.12. The third kappa shape index (κ3) is 3.84. The van der Waals surface area contributed by atoms with Crippen LogP contribution in [0.1, 0.15) is 16.1 Å². The molecule has 1 rings (SSSR count). The maximum Gasteiger partial charge on any atom is 0.334 e. The van der Waals surface area contributed by atoms with Crippen LogP contribution in [0.15, 0.2) is 18.3 Å². The molecule has 2 N–H and O–H groups in total. The van der Waals surface area contributed by atoms with Crippen molar-refractivity contribution in [3.63, 3.8) is 0 Å². The van der Waals surface area contributed by atoms with E-state index in [1.165, 1.54) is 13.3 Å². The summed E-state index contributed by atoms with van der Waals surface area (Å²) in [6.07, 6.45) is 0.394. The Morgan fingerprint density at radius 2 is 2.24 bits per heavy atom. The quantitative estimate of drug-likeness (QED) is 0.766. The zero-order valence-electron chi connectivity index (χ0n) is 9.64. The van der Waals surface area contributed by atoms with Crippen molar-refractivity contribution in [3.05, 3.63) is 29.6 Å². The van der Waals surface area contributed by atoms with E-state index in [4.69, 9.17) is 5.11 Å². The molecular formula is C11H14N2O4. The van der Waals surface area contributed by atoms with Crippen LogP contribution < -0.4 is 5.32 Å². The summed E-state index contributed by atoms with van der Waals surface area (Å²) >= 11 is 0. The Bertz CT molecular complexity index is 402. The number of aromatic nitrogens is 1. The molecule has 0 saturated carbocycles. The molecule has 0 aromatic carbocycles. The number of hydrogen-bond acceptors (Lipinski definition) is 4. The van der Waals surface area contributed by atoms with Gasteiger partial charge >= 0.3 is 5.97 Å². The van der Waals surface area contributed by atoms with Gasteiger partial charge < -0.3 is 15.2 Å². The van der Waals surface area contributed by atoms with E-state index in [0.29, 0.717) is 5.56 Å². The van der Waals surface area contributed by atoms with Gasteiger partial charge in [0.05, 0.1) is 12.1 Å². The van der Waals surface area contributed by atoms with Crippen LogP contribution in [0, 0.1) is 6.92 Å². The molecule has 1 heterocycles. The fourth-order valence-electron chi connectivity index (χ4n) is 1.16. The average Bonchev–Trinajstić information content (AvgIpc) is 2.30. The Morgan fingerprint density at radius 3 is 2.71 bits per heavy atom. The Labute approximate surface area is 98.6 Å². The van der Waals surface area contributed by atoms with E-state index in [0.717, 1.165) is 5.69 Å². The number of nitrogens with one attached hydrogen (secondary N) is 1. The molecule has 6 nitrogen and oxygen atoms in total. The lowest BCUT2D eigenvalue weighted by Gasteiger charge is -2.11. The van der Waals surface area contributed by atoms with Crippen LogP contribution >= 0.6 is 0 Å². The molecule has 1 unspecified atom stereocenters. The van der Waals surface area contributed by atoms with Gasteiger partial charge in [-0.3, -0.25) is 9.78 Å². The Hall–Kier alpha value is -1.95. The summed E-state index contributed by atoms with van der Waals surface area (Å²) in [5.41, 5.74) is 1.19. The van der Waals surface area contributed by atoms with Gasteiger partial charge in [0, 0.05) is 19.0 Å². The molecule has 0 aliphatic carbocycles. The number of carbonyl (C=O) groups excluding carboxylic acids is 1. The monoisotopic (exact) mass is 238 g/mol. The number of aliphatic carboxylic acids is 1. The molecule has 6 heteroatoms. The molecule has 1 amide bonds. The predicted molar refractivity (Wildman–Crippen MR) is 59.7 cm³/mol. The van der Waals surface area contributed by atoms with Crippen molar-refractivity contribution in [2.45, 2.75) is 13.0 Å². The van der Waals surface area contributed by atoms with Crippen LogP contribution in [0.25, 0.3) is 0 Å². The molecule has 1 atom stereocenters. The van der Waals surface area contributed by atoms with E-state index >= 15 is 0 Å². The van der Waals surface area contributed by atoms with Gasteiger partial charge in [0.25, 0.3) is 5.91 Å². The van der Waals surface area contributed by atoms with Gasteiger partial charge in [0.15, 0.2) is 6.10 Å². The molecule has 17 heavy (non-hydrogen) atoms. The van der Waals surface area contributed by atoms with Crippen LogP contribution in [-0.2, 0) is 9.53 Å². The minimum Gasteiger partial charge on any atom is -0.479 e. The summed E-state index contributed by atoms with van der Waals surface area (Å²) in [7, 11) is 1.28. The smallest absolute Gasteiger partial charge is 0.334 e. The predicted octanol–water partition coefficient (Wildman–Crippen LogP) is 0.219. The first-order chi connectivity index (χ1) is 8.04. The van der Waals surface area contributed by atoms with Gasteiger partial charge in [-0.25, -0.2) is 4.79 Å². The normalized spacial score (nSPS) is 11.9. The van der Waals surface area contributed by atoms with Crippen LogP contribution in [0.5, 0.6) is 0 Å². The van der Waals surface area contributed by atoms with Crippen molar-refractivity contribution < 1.29 is 19.4 Å². The van der Waals surface area contributed by atoms with E-state index in [2.05, 4.69) is 15.0 Å². The molecule has 0 aliphatic rings. The van der Waals surface area contributed by atoms with E-state index in [1.807, 2.05) is 6.92 Å². The van der Waals surface area contributed by atoms with Crippen molar-refractivity contribution in [2.75, 3.05) is 13.7 Å². The SMILES string of the molecule is COC(CNC(=O)c1ccc(C)nc1)C(=O)O. The van der Waals surface area contributed by atoms with Gasteiger partial charge in [-0.1, -0.05) is 0 Å². The first-order valence-electron chi connectivity index (χ1n) is 5.01. The molecule has 0 radical (unpaired) electrons. The summed E-state index contributed by atoms with van der Waals surface area (Å²) in [6.45, 7) is 1.73. The summed E-state index contributed by atoms with van der Waals surface area (Å²) in [6, 6.07) is 3.33. The Kier molecular flexibility index (Phi) is 4.59. The summed E-state index contributed by atoms with van der Waals surface area (Å²) in [5, 5.41) is 11.2. The highest BCUT2D eigenvalue weighted by Crippen LogP contribution is 1.99. The molecule has 0 saturated heterocycles. The lowest BCUT2D eigenvalue weighted by atomic mass is 10.2. The topological polar surface area (TPSA) is 88.5 Å². The molecule has 0 bridgehead atoms. The van der Waals surface area contributed by atoms with Crippen LogP contribution in [0.2, 0.25) is 0 Å². The van der Waals surface area contributed by atoms with Gasteiger partial charge in [-0.05, 0) is 19.1 Å². The number of carboxylic acids is 1. The number of methoxy groups -OCH3 is 1. The average molecular weight is 238 g/mol. The van der Waals surface area contributed by atoms with E-state index in [-0.39, 0.29) is 12.5 Å². The molecule has 1 aromatic heterocycles. The second kappa shape index (κ2) is 5.95. The first-order valence-corrected chi connectivity index (χ1v) is 5.01. The number of aryl methyl sites for hydroxylation is 1. The second-order valence-electron chi connectivity index (χ2n) is 3.46. The van der Waals surface area contributed by atoms with Crippen LogP contribution in [0.4, 0.5) is 0 Å². The number of pyridine rings is 1. The number of carbonyl (C=O) groups is 2. The highest BCUT2D eigenvalue weighted by atomic mass is 16.5. The number of nitrogens with zero attached hydrogens (tertiary/aromatic N) is 1. The third-order valence-electron chi connectivity index (χ3n) is 2.18. The number of amides is 1. The maximum absolute atomic E-state index is 11.6. The van der Waals surface area contributed by atoms with E-state index in [9.17, 15) is 9.59 Å². The molecular weight excluding hydrogens is 224 g/mol. The van der Waals surface area contributed by atoms with Crippen molar-refractivity contribution in [2.24, 2.45) is 0 Å². The fraction of sp³-hybridized carbons (Fsp3) is 0.364. The number of ether oxygens (including phenoxy) is 1. The molecule has 0 fully saturated rings. The van der Waals surface area contributed by atoms with Gasteiger partial charge in [-0.15, -0.1) is 0 Å². The molecule has 1 aromatic rings. The van der Waals surface area contributed by atoms with E-state index in [1.54, 1.807) is 12.1 Å². The fourth-order valence-corrected chi connectivity index (χ4v) is 1.16. The Balaban J connectivity index is 2.55. The standard InChI is InChI=1S/C11H14N2O4/c1-7-3-4-8(5-12-7)10(14)13-6-9(17-2)11(15)16/h3-5,9H,6H2,1-2H3,(H,13,14)(H,15,16). The first kappa shape index (κ1) is 13.1. The zero-order chi connectivity index (χ0) is 12.8. The van der Waals surface area contributed by atoms with Gasteiger partial charge in [0.2, 0.25) is 0 Å². The molecule has 0 spiro atoms. The van der Waals surface area contributed by atoms with Crippen molar-refractivity contribution in [1.82, 2.24) is 10.3 Å². The lowest BCUT2D eigenvalue weighted by Crippen LogP contribution is -2.37. The van der Waals surface area contributed by atoms with Crippen LogP contribution in [0.3, 0.4) is 0 Å². The number of carboxylic acid groups (broad SMARTS) is 1. The Morgan fingerprint density at radius 1 is 1.53 bits per heavy atom. The highest BCUT2D eigenvalue weighted by molar-refractivity contribution is 5.94. The summed E-state index contributed by atoms with van der Waals surface area (Å²) in [5.74, 6) is -1.49. The molecule has 0 aliphatic heterocycles. The molecule has 92 valence electrons. The van der Waals surface area contributed by atoms with E-state index < -0.39 is 12.1 Å². The van der Waals surface area contributed by atoms with Crippen molar-refractivity contribution >= 4 is 11.9 Å².